The highest BCUT2D eigenvalue weighted by atomic mass is 16.5. The summed E-state index contributed by atoms with van der Waals surface area (Å²) in [6.45, 7) is 3.14. The molecule has 0 spiro atoms. The highest BCUT2D eigenvalue weighted by molar-refractivity contribution is 5.97. The smallest absolute Gasteiger partial charge is 0.310 e. The standard InChI is InChI=1S/C22H27N5O4/c1-2-31-21(30)14-9-6-10-27(12-14)22-25-18-17(20(29)26-22)16(13-7-4-3-5-8-13)15(11-23)19(28)24-18/h3-4,13-16H,2,5-10,12H2,1H3,(H2,24,25,26,28,29). The molecule has 9 heteroatoms. The van der Waals surface area contributed by atoms with Gasteiger partial charge in [-0.2, -0.15) is 10.2 Å². The Labute approximate surface area is 180 Å². The molecular formula is C22H27N5O4. The predicted molar refractivity (Wildman–Crippen MR) is 113 cm³/mol. The van der Waals surface area contributed by atoms with Crippen molar-refractivity contribution >= 4 is 23.6 Å². The molecule has 1 aliphatic carbocycles. The first kappa shape index (κ1) is 21.1. The number of esters is 1. The van der Waals surface area contributed by atoms with E-state index in [1.165, 1.54) is 0 Å². The van der Waals surface area contributed by atoms with E-state index in [4.69, 9.17) is 4.74 Å². The molecule has 31 heavy (non-hydrogen) atoms. The summed E-state index contributed by atoms with van der Waals surface area (Å²) < 4.78 is 5.15. The van der Waals surface area contributed by atoms with Crippen molar-refractivity contribution in [2.45, 2.75) is 44.9 Å². The molecule has 1 saturated heterocycles. The van der Waals surface area contributed by atoms with Crippen LogP contribution in [0.5, 0.6) is 0 Å². The summed E-state index contributed by atoms with van der Waals surface area (Å²) in [5.74, 6) is -1.75. The predicted octanol–water partition coefficient (Wildman–Crippen LogP) is 2.08. The Morgan fingerprint density at radius 2 is 2.19 bits per heavy atom. The fourth-order valence-electron chi connectivity index (χ4n) is 4.96. The second-order valence-electron chi connectivity index (χ2n) is 8.36. The van der Waals surface area contributed by atoms with Crippen LogP contribution in [-0.2, 0) is 14.3 Å². The van der Waals surface area contributed by atoms with Crippen molar-refractivity contribution in [1.29, 1.82) is 5.26 Å². The van der Waals surface area contributed by atoms with Crippen LogP contribution < -0.4 is 15.8 Å². The number of piperidine rings is 1. The minimum absolute atomic E-state index is 0.0383. The maximum atomic E-state index is 13.2. The zero-order chi connectivity index (χ0) is 22.0. The first-order chi connectivity index (χ1) is 15.0. The van der Waals surface area contributed by atoms with Crippen molar-refractivity contribution in [3.63, 3.8) is 0 Å². The number of anilines is 2. The summed E-state index contributed by atoms with van der Waals surface area (Å²) >= 11 is 0. The summed E-state index contributed by atoms with van der Waals surface area (Å²) in [6, 6.07) is 2.10. The molecule has 9 nitrogen and oxygen atoms in total. The summed E-state index contributed by atoms with van der Waals surface area (Å²) in [5, 5.41) is 12.3. The number of rotatable bonds is 4. The van der Waals surface area contributed by atoms with Crippen LogP contribution in [0.4, 0.5) is 11.8 Å². The van der Waals surface area contributed by atoms with Crippen LogP contribution in [0.3, 0.4) is 0 Å². The van der Waals surface area contributed by atoms with Crippen LogP contribution >= 0.6 is 0 Å². The summed E-state index contributed by atoms with van der Waals surface area (Å²) in [4.78, 5) is 47.3. The third kappa shape index (κ3) is 4.07. The molecule has 164 valence electrons. The van der Waals surface area contributed by atoms with E-state index in [-0.39, 0.29) is 29.2 Å². The van der Waals surface area contributed by atoms with Crippen LogP contribution in [0.2, 0.25) is 0 Å². The first-order valence-corrected chi connectivity index (χ1v) is 10.9. The van der Waals surface area contributed by atoms with E-state index in [1.807, 2.05) is 11.0 Å². The number of nitriles is 1. The van der Waals surface area contributed by atoms with E-state index in [2.05, 4.69) is 27.4 Å². The second kappa shape index (κ2) is 8.92. The van der Waals surface area contributed by atoms with Gasteiger partial charge in [0.05, 0.1) is 24.2 Å². The van der Waals surface area contributed by atoms with E-state index in [0.717, 1.165) is 32.1 Å². The van der Waals surface area contributed by atoms with Crippen LogP contribution in [0.25, 0.3) is 0 Å². The summed E-state index contributed by atoms with van der Waals surface area (Å²) in [7, 11) is 0. The molecule has 3 heterocycles. The second-order valence-corrected chi connectivity index (χ2v) is 8.36. The van der Waals surface area contributed by atoms with Gasteiger partial charge < -0.3 is 15.0 Å². The van der Waals surface area contributed by atoms with Crippen molar-refractivity contribution in [2.24, 2.45) is 17.8 Å². The van der Waals surface area contributed by atoms with E-state index in [1.54, 1.807) is 6.92 Å². The molecule has 0 bridgehead atoms. The number of hydrogen-bond donors (Lipinski definition) is 2. The van der Waals surface area contributed by atoms with Gasteiger partial charge in [-0.3, -0.25) is 19.4 Å². The number of nitrogens with zero attached hydrogens (tertiary/aromatic N) is 3. The van der Waals surface area contributed by atoms with E-state index in [0.29, 0.717) is 31.2 Å². The Morgan fingerprint density at radius 1 is 1.35 bits per heavy atom. The van der Waals surface area contributed by atoms with Crippen molar-refractivity contribution in [3.8, 4) is 6.07 Å². The Hall–Kier alpha value is -3.15. The third-order valence-corrected chi connectivity index (χ3v) is 6.46. The molecule has 4 rings (SSSR count). The molecule has 3 aliphatic rings. The monoisotopic (exact) mass is 425 g/mol. The number of amides is 1. The lowest BCUT2D eigenvalue weighted by atomic mass is 9.71. The topological polar surface area (TPSA) is 128 Å². The summed E-state index contributed by atoms with van der Waals surface area (Å²) in [5.41, 5.74) is 0.0483. The van der Waals surface area contributed by atoms with E-state index >= 15 is 0 Å². The number of hydrogen-bond acceptors (Lipinski definition) is 7. The molecule has 4 atom stereocenters. The lowest BCUT2D eigenvalue weighted by molar-refractivity contribution is -0.148. The Morgan fingerprint density at radius 3 is 2.90 bits per heavy atom. The maximum absolute atomic E-state index is 13.2. The van der Waals surface area contributed by atoms with Gasteiger partial charge in [0.2, 0.25) is 11.9 Å². The molecule has 1 aromatic rings. The number of aromatic nitrogens is 2. The molecule has 2 N–H and O–H groups in total. The van der Waals surface area contributed by atoms with Gasteiger partial charge in [0.15, 0.2) is 0 Å². The Bertz CT molecular complexity index is 995. The molecule has 2 aliphatic heterocycles. The quantitative estimate of drug-likeness (QED) is 0.558. The minimum Gasteiger partial charge on any atom is -0.466 e. The number of fused-ring (bicyclic) bond motifs is 1. The lowest BCUT2D eigenvalue weighted by Crippen LogP contribution is -2.44. The summed E-state index contributed by atoms with van der Waals surface area (Å²) in [6.07, 6.45) is 8.04. The van der Waals surface area contributed by atoms with Crippen LogP contribution in [0, 0.1) is 29.1 Å². The zero-order valence-electron chi connectivity index (χ0n) is 17.6. The van der Waals surface area contributed by atoms with Crippen molar-refractivity contribution in [1.82, 2.24) is 9.97 Å². The number of carbonyl (C=O) groups excluding carboxylic acids is 2. The van der Waals surface area contributed by atoms with Gasteiger partial charge in [0.25, 0.3) is 5.56 Å². The Balaban J connectivity index is 1.67. The molecule has 0 radical (unpaired) electrons. The van der Waals surface area contributed by atoms with Gasteiger partial charge in [-0.1, -0.05) is 12.2 Å². The number of H-pyrrole nitrogens is 1. The molecule has 4 unspecified atom stereocenters. The van der Waals surface area contributed by atoms with Gasteiger partial charge in [0, 0.05) is 19.0 Å². The number of allylic oxidation sites excluding steroid dienone is 2. The molecule has 1 amide bonds. The number of carbonyl (C=O) groups is 2. The Kier molecular flexibility index (Phi) is 6.07. The van der Waals surface area contributed by atoms with Gasteiger partial charge in [-0.05, 0) is 44.9 Å². The van der Waals surface area contributed by atoms with Gasteiger partial charge >= 0.3 is 5.97 Å². The largest absolute Gasteiger partial charge is 0.466 e. The molecule has 1 fully saturated rings. The number of nitrogens with one attached hydrogen (secondary N) is 2. The average molecular weight is 425 g/mol. The SMILES string of the molecule is CCOC(=O)C1CCCN(c2nc3c(c(=O)[nH]2)C(C2CC=CCC2)C(C#N)C(=O)N3)C1. The van der Waals surface area contributed by atoms with Gasteiger partial charge in [0.1, 0.15) is 11.7 Å². The third-order valence-electron chi connectivity index (χ3n) is 6.46. The van der Waals surface area contributed by atoms with Crippen molar-refractivity contribution in [3.05, 3.63) is 28.1 Å². The number of ether oxygens (including phenoxy) is 1. The van der Waals surface area contributed by atoms with E-state index in [9.17, 15) is 19.6 Å². The fourth-order valence-corrected chi connectivity index (χ4v) is 4.96. The van der Waals surface area contributed by atoms with Crippen LogP contribution in [0.1, 0.15) is 50.5 Å². The number of aromatic amines is 1. The average Bonchev–Trinajstić information content (AvgIpc) is 2.79. The van der Waals surface area contributed by atoms with Crippen LogP contribution in [0.15, 0.2) is 16.9 Å². The van der Waals surface area contributed by atoms with Crippen molar-refractivity contribution < 1.29 is 14.3 Å². The lowest BCUT2D eigenvalue weighted by Gasteiger charge is -2.36. The van der Waals surface area contributed by atoms with Crippen molar-refractivity contribution in [2.75, 3.05) is 29.9 Å². The van der Waals surface area contributed by atoms with E-state index < -0.39 is 17.7 Å². The molecule has 0 aromatic carbocycles. The minimum atomic E-state index is -0.916. The fraction of sp³-hybridized carbons (Fsp3) is 0.591. The highest BCUT2D eigenvalue weighted by Gasteiger charge is 2.43. The first-order valence-electron chi connectivity index (χ1n) is 10.9. The highest BCUT2D eigenvalue weighted by Crippen LogP contribution is 2.43. The van der Waals surface area contributed by atoms with Gasteiger partial charge in [-0.25, -0.2) is 0 Å². The molecule has 0 saturated carbocycles. The van der Waals surface area contributed by atoms with Crippen LogP contribution in [-0.4, -0.2) is 41.5 Å². The molecular weight excluding hydrogens is 398 g/mol. The van der Waals surface area contributed by atoms with Gasteiger partial charge in [-0.15, -0.1) is 0 Å². The molecule has 1 aromatic heterocycles. The zero-order valence-corrected chi connectivity index (χ0v) is 17.6. The maximum Gasteiger partial charge on any atom is 0.310 e. The normalized spacial score (nSPS) is 27.7.